The van der Waals surface area contributed by atoms with E-state index in [4.69, 9.17) is 5.73 Å². The van der Waals surface area contributed by atoms with E-state index < -0.39 is 0 Å². The maximum absolute atomic E-state index is 5.85. The average Bonchev–Trinajstić information content (AvgIpc) is 2.67. The Kier molecular flexibility index (Phi) is 2.81. The lowest BCUT2D eigenvalue weighted by molar-refractivity contribution is 0.768. The molecular formula is C12H16N4. The fraction of sp³-hybridized carbons (Fsp3) is 0.250. The van der Waals surface area contributed by atoms with Crippen molar-refractivity contribution in [2.24, 2.45) is 7.05 Å². The fourth-order valence-electron chi connectivity index (χ4n) is 1.63. The minimum absolute atomic E-state index is 0.760. The summed E-state index contributed by atoms with van der Waals surface area (Å²) in [5, 5.41) is 7.42. The van der Waals surface area contributed by atoms with Crippen LogP contribution in [0.1, 0.15) is 11.1 Å². The Hall–Kier alpha value is -1.97. The van der Waals surface area contributed by atoms with E-state index in [0.717, 1.165) is 23.6 Å². The molecule has 0 bridgehead atoms. The van der Waals surface area contributed by atoms with Gasteiger partial charge in [0.25, 0.3) is 0 Å². The molecule has 0 spiro atoms. The van der Waals surface area contributed by atoms with E-state index in [1.54, 1.807) is 6.20 Å². The van der Waals surface area contributed by atoms with E-state index in [9.17, 15) is 0 Å². The minimum Gasteiger partial charge on any atom is -0.399 e. The number of anilines is 2. The summed E-state index contributed by atoms with van der Waals surface area (Å²) in [6, 6.07) is 7.92. The number of nitrogen functional groups attached to an aromatic ring is 1. The van der Waals surface area contributed by atoms with E-state index in [1.165, 1.54) is 5.56 Å². The monoisotopic (exact) mass is 216 g/mol. The zero-order valence-electron chi connectivity index (χ0n) is 9.57. The van der Waals surface area contributed by atoms with E-state index in [-0.39, 0.29) is 0 Å². The van der Waals surface area contributed by atoms with Crippen LogP contribution in [0.25, 0.3) is 0 Å². The molecule has 0 aliphatic carbocycles. The van der Waals surface area contributed by atoms with Crippen molar-refractivity contribution in [2.75, 3.05) is 11.1 Å². The standard InChI is InChI=1S/C12H16N4/c1-9-10(4-3-5-11(9)13)8-14-12-6-7-15-16(12)2/h3-7,14H,8,13H2,1-2H3. The number of nitrogens with two attached hydrogens (primary N) is 1. The zero-order chi connectivity index (χ0) is 11.5. The first-order chi connectivity index (χ1) is 7.68. The molecule has 0 atom stereocenters. The van der Waals surface area contributed by atoms with Crippen molar-refractivity contribution in [2.45, 2.75) is 13.5 Å². The van der Waals surface area contributed by atoms with Gasteiger partial charge in [-0.05, 0) is 24.1 Å². The first kappa shape index (κ1) is 10.5. The Morgan fingerprint density at radius 1 is 1.38 bits per heavy atom. The number of rotatable bonds is 3. The summed E-state index contributed by atoms with van der Waals surface area (Å²) in [6.45, 7) is 2.80. The highest BCUT2D eigenvalue weighted by atomic mass is 15.3. The number of hydrogen-bond donors (Lipinski definition) is 2. The third-order valence-electron chi connectivity index (χ3n) is 2.77. The van der Waals surface area contributed by atoms with Crippen molar-refractivity contribution < 1.29 is 0 Å². The normalized spacial score (nSPS) is 10.4. The second-order valence-electron chi connectivity index (χ2n) is 3.82. The third-order valence-corrected chi connectivity index (χ3v) is 2.77. The Labute approximate surface area is 95.1 Å². The van der Waals surface area contributed by atoms with Gasteiger partial charge in [-0.25, -0.2) is 0 Å². The first-order valence-corrected chi connectivity index (χ1v) is 5.24. The Morgan fingerprint density at radius 2 is 2.19 bits per heavy atom. The van der Waals surface area contributed by atoms with Gasteiger partial charge in [-0.3, -0.25) is 4.68 Å². The van der Waals surface area contributed by atoms with E-state index >= 15 is 0 Å². The molecule has 1 aromatic carbocycles. The molecule has 0 fully saturated rings. The number of aryl methyl sites for hydroxylation is 1. The van der Waals surface area contributed by atoms with Gasteiger partial charge in [0.05, 0.1) is 6.20 Å². The van der Waals surface area contributed by atoms with E-state index in [2.05, 4.69) is 16.5 Å². The molecule has 0 aliphatic heterocycles. The summed E-state index contributed by atoms with van der Waals surface area (Å²) < 4.78 is 1.81. The lowest BCUT2D eigenvalue weighted by Crippen LogP contribution is -2.06. The molecule has 2 rings (SSSR count). The van der Waals surface area contributed by atoms with Gasteiger partial charge in [-0.1, -0.05) is 12.1 Å². The predicted octanol–water partition coefficient (Wildman–Crippen LogP) is 1.92. The summed E-state index contributed by atoms with van der Waals surface area (Å²) >= 11 is 0. The van der Waals surface area contributed by atoms with E-state index in [0.29, 0.717) is 0 Å². The number of aromatic nitrogens is 2. The maximum atomic E-state index is 5.85. The van der Waals surface area contributed by atoms with Crippen molar-refractivity contribution in [1.82, 2.24) is 9.78 Å². The topological polar surface area (TPSA) is 55.9 Å². The van der Waals surface area contributed by atoms with Crippen LogP contribution in [0.15, 0.2) is 30.5 Å². The highest BCUT2D eigenvalue weighted by Crippen LogP contribution is 2.16. The number of nitrogens with one attached hydrogen (secondary N) is 1. The van der Waals surface area contributed by atoms with Crippen LogP contribution in [0.5, 0.6) is 0 Å². The summed E-state index contributed by atoms with van der Waals surface area (Å²) in [7, 11) is 1.91. The highest BCUT2D eigenvalue weighted by Gasteiger charge is 2.02. The predicted molar refractivity (Wildman–Crippen MR) is 66.1 cm³/mol. The molecule has 0 aliphatic rings. The van der Waals surface area contributed by atoms with Gasteiger partial charge in [0.1, 0.15) is 5.82 Å². The summed E-state index contributed by atoms with van der Waals surface area (Å²) in [4.78, 5) is 0. The Balaban J connectivity index is 2.11. The van der Waals surface area contributed by atoms with Gasteiger partial charge in [-0.2, -0.15) is 5.10 Å². The Morgan fingerprint density at radius 3 is 2.88 bits per heavy atom. The van der Waals surface area contributed by atoms with Gasteiger partial charge in [0.15, 0.2) is 0 Å². The van der Waals surface area contributed by atoms with Crippen molar-refractivity contribution in [3.05, 3.63) is 41.6 Å². The average molecular weight is 216 g/mol. The molecule has 3 N–H and O–H groups in total. The van der Waals surface area contributed by atoms with Crippen LogP contribution >= 0.6 is 0 Å². The zero-order valence-corrected chi connectivity index (χ0v) is 9.57. The van der Waals surface area contributed by atoms with Crippen molar-refractivity contribution >= 4 is 11.5 Å². The first-order valence-electron chi connectivity index (χ1n) is 5.24. The molecule has 0 radical (unpaired) electrons. The van der Waals surface area contributed by atoms with Crippen molar-refractivity contribution in [3.63, 3.8) is 0 Å². The molecule has 1 aromatic heterocycles. The molecule has 0 saturated heterocycles. The van der Waals surface area contributed by atoms with Gasteiger partial charge in [0.2, 0.25) is 0 Å². The van der Waals surface area contributed by atoms with Crippen molar-refractivity contribution in [3.8, 4) is 0 Å². The molecule has 0 saturated carbocycles. The molecule has 2 aromatic rings. The van der Waals surface area contributed by atoms with Crippen LogP contribution in [-0.2, 0) is 13.6 Å². The fourth-order valence-corrected chi connectivity index (χ4v) is 1.63. The molecule has 16 heavy (non-hydrogen) atoms. The summed E-state index contributed by atoms with van der Waals surface area (Å²) in [5.74, 6) is 1.00. The smallest absolute Gasteiger partial charge is 0.124 e. The second-order valence-corrected chi connectivity index (χ2v) is 3.82. The van der Waals surface area contributed by atoms with Crippen LogP contribution in [0.4, 0.5) is 11.5 Å². The summed E-state index contributed by atoms with van der Waals surface area (Å²) in [6.07, 6.45) is 1.77. The quantitative estimate of drug-likeness (QED) is 0.771. The van der Waals surface area contributed by atoms with Crippen molar-refractivity contribution in [1.29, 1.82) is 0 Å². The van der Waals surface area contributed by atoms with Crippen LogP contribution in [-0.4, -0.2) is 9.78 Å². The number of nitrogens with zero attached hydrogens (tertiary/aromatic N) is 2. The molecule has 0 unspecified atom stereocenters. The molecule has 4 heteroatoms. The lowest BCUT2D eigenvalue weighted by atomic mass is 10.1. The van der Waals surface area contributed by atoms with Crippen LogP contribution in [0.2, 0.25) is 0 Å². The lowest BCUT2D eigenvalue weighted by Gasteiger charge is -2.10. The third kappa shape index (κ3) is 2.00. The van der Waals surface area contributed by atoms with E-state index in [1.807, 2.05) is 36.9 Å². The number of hydrogen-bond acceptors (Lipinski definition) is 3. The van der Waals surface area contributed by atoms with Crippen LogP contribution in [0, 0.1) is 6.92 Å². The molecular weight excluding hydrogens is 200 g/mol. The largest absolute Gasteiger partial charge is 0.399 e. The Bertz CT molecular complexity index is 488. The van der Waals surface area contributed by atoms with Gasteiger partial charge in [-0.15, -0.1) is 0 Å². The molecule has 0 amide bonds. The maximum Gasteiger partial charge on any atom is 0.124 e. The SMILES string of the molecule is Cc1c(N)cccc1CNc1ccnn1C. The van der Waals surface area contributed by atoms with Gasteiger partial charge >= 0.3 is 0 Å². The summed E-state index contributed by atoms with van der Waals surface area (Å²) in [5.41, 5.74) is 9.04. The van der Waals surface area contributed by atoms with Crippen LogP contribution < -0.4 is 11.1 Å². The van der Waals surface area contributed by atoms with Gasteiger partial charge in [0, 0.05) is 25.3 Å². The molecule has 84 valence electrons. The van der Waals surface area contributed by atoms with Gasteiger partial charge < -0.3 is 11.1 Å². The highest BCUT2D eigenvalue weighted by molar-refractivity contribution is 5.51. The molecule has 4 nitrogen and oxygen atoms in total. The number of benzene rings is 1. The van der Waals surface area contributed by atoms with Crippen LogP contribution in [0.3, 0.4) is 0 Å². The molecule has 1 heterocycles. The minimum atomic E-state index is 0.760. The second kappa shape index (κ2) is 4.26.